The monoisotopic (exact) mass is 512 g/mol. The highest BCUT2D eigenvalue weighted by Gasteiger charge is 2.70. The van der Waals surface area contributed by atoms with Gasteiger partial charge < -0.3 is 10.2 Å². The third-order valence-electron chi connectivity index (χ3n) is 10.9. The van der Waals surface area contributed by atoms with Gasteiger partial charge in [0.2, 0.25) is 0 Å². The zero-order valence-corrected chi connectivity index (χ0v) is 23.1. The number of aliphatic carboxylic acids is 1. The second-order valence-electron chi connectivity index (χ2n) is 13.3. The zero-order valence-electron chi connectivity index (χ0n) is 23.1. The second kappa shape index (κ2) is 8.55. The van der Waals surface area contributed by atoms with Crippen LogP contribution in [0.25, 0.3) is 0 Å². The molecule has 4 aliphatic rings. The van der Waals surface area contributed by atoms with Crippen LogP contribution in [0, 0.1) is 39.4 Å². The molecule has 2 N–H and O–H groups in total. The van der Waals surface area contributed by atoms with Crippen LogP contribution in [0.5, 0.6) is 0 Å². The van der Waals surface area contributed by atoms with Crippen molar-refractivity contribution >= 4 is 29.1 Å². The van der Waals surface area contributed by atoms with E-state index in [9.17, 15) is 29.1 Å². The standard InChI is InChI=1S/C30H40O7/c1-15(10-17(31)11-16(2)26(36)37)18-12-23(35)30(7)25-19(32)13-21-27(3,4)22(34)8-9-28(21,5)24(25)20(33)14-29(18,30)6/h10,16,18-19,21,32H,8-9,11-14H2,1-7H3,(H,36,37)/t16?,18-,19+,21?,28+,29-,30+/m1/s1. The topological polar surface area (TPSA) is 126 Å². The van der Waals surface area contributed by atoms with Gasteiger partial charge in [0.25, 0.3) is 0 Å². The van der Waals surface area contributed by atoms with Crippen LogP contribution in [0.3, 0.4) is 0 Å². The first-order valence-corrected chi connectivity index (χ1v) is 13.4. The number of Topliss-reactive ketones (excluding diaryl/α,β-unsaturated/α-hetero) is 3. The number of carbonyl (C=O) groups excluding carboxylic acids is 4. The van der Waals surface area contributed by atoms with Crippen molar-refractivity contribution in [2.24, 2.45) is 39.4 Å². The largest absolute Gasteiger partial charge is 0.481 e. The maximum absolute atomic E-state index is 14.0. The number of aliphatic hydroxyl groups excluding tert-OH is 1. The van der Waals surface area contributed by atoms with Crippen molar-refractivity contribution in [3.8, 4) is 0 Å². The highest BCUT2D eigenvalue weighted by Crippen LogP contribution is 2.70. The third-order valence-corrected chi connectivity index (χ3v) is 10.9. The van der Waals surface area contributed by atoms with E-state index in [1.807, 2.05) is 34.6 Å². The van der Waals surface area contributed by atoms with E-state index in [2.05, 4.69) is 0 Å². The van der Waals surface area contributed by atoms with Gasteiger partial charge in [-0.15, -0.1) is 0 Å². The van der Waals surface area contributed by atoms with Crippen LogP contribution in [0.1, 0.15) is 87.0 Å². The van der Waals surface area contributed by atoms with Crippen molar-refractivity contribution in [2.45, 2.75) is 93.1 Å². The van der Waals surface area contributed by atoms with E-state index < -0.39 is 39.7 Å². The minimum Gasteiger partial charge on any atom is -0.481 e. The van der Waals surface area contributed by atoms with E-state index in [1.165, 1.54) is 13.0 Å². The molecule has 7 heteroatoms. The third kappa shape index (κ3) is 3.67. The maximum Gasteiger partial charge on any atom is 0.306 e. The summed E-state index contributed by atoms with van der Waals surface area (Å²) < 4.78 is 0. The summed E-state index contributed by atoms with van der Waals surface area (Å²) in [5.41, 5.74) is -1.43. The lowest BCUT2D eigenvalue weighted by Gasteiger charge is -2.60. The molecule has 0 amide bonds. The lowest BCUT2D eigenvalue weighted by molar-refractivity contribution is -0.146. The molecular formula is C30H40O7. The Labute approximate surface area is 218 Å². The van der Waals surface area contributed by atoms with Crippen molar-refractivity contribution in [2.75, 3.05) is 0 Å². The smallest absolute Gasteiger partial charge is 0.306 e. The molecule has 0 heterocycles. The van der Waals surface area contributed by atoms with Crippen LogP contribution in [0.15, 0.2) is 22.8 Å². The van der Waals surface area contributed by atoms with Gasteiger partial charge in [-0.1, -0.05) is 40.2 Å². The average molecular weight is 513 g/mol. The highest BCUT2D eigenvalue weighted by molar-refractivity contribution is 6.06. The number of aliphatic hydroxyl groups is 1. The molecule has 2 saturated carbocycles. The molecule has 2 unspecified atom stereocenters. The fourth-order valence-electron chi connectivity index (χ4n) is 8.51. The van der Waals surface area contributed by atoms with E-state index in [-0.39, 0.29) is 54.2 Å². The minimum atomic E-state index is -1.08. The number of hydrogen-bond acceptors (Lipinski definition) is 6. The van der Waals surface area contributed by atoms with Gasteiger partial charge in [-0.05, 0) is 55.6 Å². The van der Waals surface area contributed by atoms with Crippen LogP contribution in [-0.2, 0) is 24.0 Å². The highest BCUT2D eigenvalue weighted by atomic mass is 16.4. The molecule has 0 bridgehead atoms. The Balaban J connectivity index is 1.81. The summed E-state index contributed by atoms with van der Waals surface area (Å²) in [5.74, 6) is -2.74. The predicted octanol–water partition coefficient (Wildman–Crippen LogP) is 4.26. The molecular weight excluding hydrogens is 472 g/mol. The summed E-state index contributed by atoms with van der Waals surface area (Å²) >= 11 is 0. The molecule has 37 heavy (non-hydrogen) atoms. The molecule has 0 aliphatic heterocycles. The molecule has 0 aromatic heterocycles. The fourth-order valence-corrected chi connectivity index (χ4v) is 8.51. The number of hydrogen-bond donors (Lipinski definition) is 2. The van der Waals surface area contributed by atoms with Crippen LogP contribution in [-0.4, -0.2) is 45.4 Å². The van der Waals surface area contributed by atoms with Gasteiger partial charge in [0, 0.05) is 42.1 Å². The number of carboxylic acid groups (broad SMARTS) is 1. The molecule has 7 nitrogen and oxygen atoms in total. The lowest BCUT2D eigenvalue weighted by atomic mass is 9.42. The summed E-state index contributed by atoms with van der Waals surface area (Å²) in [6.07, 6.45) is 1.78. The first kappa shape index (κ1) is 27.6. The van der Waals surface area contributed by atoms with Gasteiger partial charge in [0.1, 0.15) is 11.6 Å². The zero-order chi connectivity index (χ0) is 27.9. The average Bonchev–Trinajstić information content (AvgIpc) is 2.99. The first-order valence-electron chi connectivity index (χ1n) is 13.4. The van der Waals surface area contributed by atoms with Gasteiger partial charge in [-0.25, -0.2) is 0 Å². The molecule has 0 aromatic rings. The molecule has 202 valence electrons. The molecule has 0 saturated heterocycles. The van der Waals surface area contributed by atoms with Gasteiger partial charge >= 0.3 is 5.97 Å². The van der Waals surface area contributed by atoms with Crippen molar-refractivity contribution in [3.05, 3.63) is 22.8 Å². The number of ketones is 4. The fraction of sp³-hybridized carbons (Fsp3) is 0.700. The Morgan fingerprint density at radius 2 is 1.70 bits per heavy atom. The molecule has 7 atom stereocenters. The number of carboxylic acids is 1. The van der Waals surface area contributed by atoms with E-state index >= 15 is 0 Å². The minimum absolute atomic E-state index is 0.0497. The molecule has 2 fully saturated rings. The lowest BCUT2D eigenvalue weighted by Crippen LogP contribution is -2.59. The quantitative estimate of drug-likeness (QED) is 0.527. The van der Waals surface area contributed by atoms with E-state index in [0.29, 0.717) is 36.0 Å². The Bertz CT molecular complexity index is 1170. The van der Waals surface area contributed by atoms with E-state index in [0.717, 1.165) is 0 Å². The van der Waals surface area contributed by atoms with Crippen molar-refractivity contribution in [1.82, 2.24) is 0 Å². The van der Waals surface area contributed by atoms with Crippen LogP contribution >= 0.6 is 0 Å². The predicted molar refractivity (Wildman–Crippen MR) is 136 cm³/mol. The van der Waals surface area contributed by atoms with Crippen molar-refractivity contribution in [3.63, 3.8) is 0 Å². The van der Waals surface area contributed by atoms with Crippen LogP contribution in [0.2, 0.25) is 0 Å². The van der Waals surface area contributed by atoms with Crippen LogP contribution in [0.4, 0.5) is 0 Å². The van der Waals surface area contributed by atoms with Crippen molar-refractivity contribution < 1.29 is 34.2 Å². The van der Waals surface area contributed by atoms with E-state index in [1.54, 1.807) is 6.92 Å². The molecule has 0 radical (unpaired) electrons. The number of allylic oxidation sites excluding steroid dienone is 3. The number of carbonyl (C=O) groups is 5. The Morgan fingerprint density at radius 1 is 1.08 bits per heavy atom. The van der Waals surface area contributed by atoms with Gasteiger partial charge in [0.15, 0.2) is 11.6 Å². The summed E-state index contributed by atoms with van der Waals surface area (Å²) in [7, 11) is 0. The summed E-state index contributed by atoms with van der Waals surface area (Å²) in [5, 5.41) is 20.7. The second-order valence-corrected chi connectivity index (χ2v) is 13.3. The van der Waals surface area contributed by atoms with Gasteiger partial charge in [0.05, 0.1) is 17.4 Å². The molecule has 4 aliphatic carbocycles. The Morgan fingerprint density at radius 3 is 2.30 bits per heavy atom. The SMILES string of the molecule is CC(=CC(=O)CC(C)C(=O)O)[C@H]1CC(=O)[C@@]2(C)C3=C(C(=O)C[C@]12C)[C@@]1(C)CCC(=O)C(C)(C)C1C[C@@H]3O. The van der Waals surface area contributed by atoms with E-state index in [4.69, 9.17) is 5.11 Å². The molecule has 0 spiro atoms. The van der Waals surface area contributed by atoms with Crippen LogP contribution < -0.4 is 0 Å². The summed E-state index contributed by atoms with van der Waals surface area (Å²) in [4.78, 5) is 64.5. The van der Waals surface area contributed by atoms with Gasteiger partial charge in [-0.2, -0.15) is 0 Å². The Hall–Kier alpha value is -2.41. The number of rotatable bonds is 5. The van der Waals surface area contributed by atoms with Gasteiger partial charge in [-0.3, -0.25) is 24.0 Å². The molecule has 4 rings (SSSR count). The summed E-state index contributed by atoms with van der Waals surface area (Å²) in [6.45, 7) is 12.9. The Kier molecular flexibility index (Phi) is 6.38. The van der Waals surface area contributed by atoms with Crippen molar-refractivity contribution in [1.29, 1.82) is 0 Å². The molecule has 0 aromatic carbocycles. The maximum atomic E-state index is 14.0. The summed E-state index contributed by atoms with van der Waals surface area (Å²) in [6, 6.07) is 0. The number of fused-ring (bicyclic) bond motifs is 4. The normalized spacial score (nSPS) is 40.2. The first-order chi connectivity index (χ1) is 16.9.